The molecule has 4 nitrogen and oxygen atoms in total. The number of rotatable bonds is 7. The van der Waals surface area contributed by atoms with Gasteiger partial charge in [0.25, 0.3) is 0 Å². The van der Waals surface area contributed by atoms with E-state index in [4.69, 9.17) is 9.84 Å². The van der Waals surface area contributed by atoms with Crippen molar-refractivity contribution in [2.75, 3.05) is 26.8 Å². The summed E-state index contributed by atoms with van der Waals surface area (Å²) in [6, 6.07) is 7.91. The number of carbonyl (C=O) groups excluding carboxylic acids is 1. The molecule has 0 saturated carbocycles. The van der Waals surface area contributed by atoms with Crippen LogP contribution in [0.15, 0.2) is 24.3 Å². The van der Waals surface area contributed by atoms with E-state index in [1.54, 1.807) is 7.11 Å². The Labute approximate surface area is 133 Å². The van der Waals surface area contributed by atoms with Crippen molar-refractivity contribution in [1.29, 1.82) is 0 Å². The van der Waals surface area contributed by atoms with E-state index >= 15 is 0 Å². The summed E-state index contributed by atoms with van der Waals surface area (Å²) in [4.78, 5) is 14.5. The minimum Gasteiger partial charge on any atom is -0.496 e. The third-order valence-corrected chi connectivity index (χ3v) is 4.56. The number of aliphatic hydroxyl groups is 1. The quantitative estimate of drug-likeness (QED) is 0.842. The summed E-state index contributed by atoms with van der Waals surface area (Å²) in [7, 11) is 1.67. The van der Waals surface area contributed by atoms with E-state index in [0.717, 1.165) is 43.7 Å². The molecule has 122 valence electrons. The molecule has 0 aliphatic carbocycles. The Morgan fingerprint density at radius 1 is 1.45 bits per heavy atom. The summed E-state index contributed by atoms with van der Waals surface area (Å²) in [5, 5.41) is 8.90. The summed E-state index contributed by atoms with van der Waals surface area (Å²) in [6.45, 7) is 4.02. The number of nitrogens with zero attached hydrogens (tertiary/aromatic N) is 1. The van der Waals surface area contributed by atoms with Crippen molar-refractivity contribution in [1.82, 2.24) is 4.90 Å². The third-order valence-electron chi connectivity index (χ3n) is 4.56. The molecule has 0 bridgehead atoms. The Morgan fingerprint density at radius 2 is 2.23 bits per heavy atom. The lowest BCUT2D eigenvalue weighted by Crippen LogP contribution is -2.29. The number of carbonyl (C=O) groups is 1. The van der Waals surface area contributed by atoms with E-state index in [0.29, 0.717) is 12.3 Å². The molecule has 1 amide bonds. The molecule has 22 heavy (non-hydrogen) atoms. The second-order valence-corrected chi connectivity index (χ2v) is 6.21. The Hall–Kier alpha value is -1.55. The van der Waals surface area contributed by atoms with Gasteiger partial charge in [-0.15, -0.1) is 0 Å². The summed E-state index contributed by atoms with van der Waals surface area (Å²) in [5.41, 5.74) is 1.09. The second-order valence-electron chi connectivity index (χ2n) is 6.21. The van der Waals surface area contributed by atoms with Crippen LogP contribution in [-0.2, 0) is 4.79 Å². The van der Waals surface area contributed by atoms with Crippen LogP contribution in [0.3, 0.4) is 0 Å². The Kier molecular flexibility index (Phi) is 6.25. The molecule has 1 aromatic rings. The Balaban J connectivity index is 1.89. The fraction of sp³-hybridized carbons (Fsp3) is 0.611. The summed E-state index contributed by atoms with van der Waals surface area (Å²) in [5.74, 6) is 1.78. The molecule has 1 heterocycles. The first kappa shape index (κ1) is 16.8. The molecule has 1 fully saturated rings. The van der Waals surface area contributed by atoms with Crippen molar-refractivity contribution in [3.05, 3.63) is 29.8 Å². The number of ether oxygens (including phenoxy) is 1. The zero-order valence-corrected chi connectivity index (χ0v) is 13.6. The van der Waals surface area contributed by atoms with Gasteiger partial charge in [0.05, 0.1) is 7.11 Å². The van der Waals surface area contributed by atoms with Crippen LogP contribution in [0.5, 0.6) is 5.75 Å². The SMILES string of the molecule is COc1ccccc1[C@@H](C)CC(=O)N1CC[C@@H](CCCO)C1. The molecular formula is C18H27NO3. The molecule has 2 atom stereocenters. The van der Waals surface area contributed by atoms with Crippen molar-refractivity contribution < 1.29 is 14.6 Å². The molecule has 2 rings (SSSR count). The van der Waals surface area contributed by atoms with Gasteiger partial charge in [0, 0.05) is 26.1 Å². The predicted molar refractivity (Wildman–Crippen MR) is 87.0 cm³/mol. The number of hydrogen-bond acceptors (Lipinski definition) is 3. The van der Waals surface area contributed by atoms with E-state index in [1.165, 1.54) is 0 Å². The van der Waals surface area contributed by atoms with Crippen LogP contribution in [-0.4, -0.2) is 42.7 Å². The third kappa shape index (κ3) is 4.23. The number of amides is 1. The largest absolute Gasteiger partial charge is 0.496 e. The standard InChI is InChI=1S/C18H27NO3/c1-14(16-7-3-4-8-17(16)22-2)12-18(21)19-10-9-15(13-19)6-5-11-20/h3-4,7-8,14-15,20H,5-6,9-13H2,1-2H3/t14-,15+/m0/s1. The maximum atomic E-state index is 12.5. The number of hydrogen-bond donors (Lipinski definition) is 1. The van der Waals surface area contributed by atoms with Gasteiger partial charge in [-0.1, -0.05) is 25.1 Å². The molecule has 1 aliphatic rings. The van der Waals surface area contributed by atoms with Crippen LogP contribution in [0.4, 0.5) is 0 Å². The van der Waals surface area contributed by atoms with Crippen LogP contribution in [0.1, 0.15) is 44.1 Å². The summed E-state index contributed by atoms with van der Waals surface area (Å²) in [6.07, 6.45) is 3.44. The van der Waals surface area contributed by atoms with Crippen LogP contribution < -0.4 is 4.74 Å². The molecule has 4 heteroatoms. The maximum Gasteiger partial charge on any atom is 0.223 e. The first-order chi connectivity index (χ1) is 10.7. The van der Waals surface area contributed by atoms with Gasteiger partial charge in [0.2, 0.25) is 5.91 Å². The van der Waals surface area contributed by atoms with Gasteiger partial charge in [0.15, 0.2) is 0 Å². The lowest BCUT2D eigenvalue weighted by Gasteiger charge is -2.20. The molecule has 0 spiro atoms. The number of aliphatic hydroxyl groups excluding tert-OH is 1. The number of methoxy groups -OCH3 is 1. The van der Waals surface area contributed by atoms with Crippen molar-refractivity contribution >= 4 is 5.91 Å². The molecule has 1 aliphatic heterocycles. The normalized spacial score (nSPS) is 19.2. The van der Waals surface area contributed by atoms with E-state index in [9.17, 15) is 4.79 Å². The number of benzene rings is 1. The molecule has 0 aromatic heterocycles. The molecular weight excluding hydrogens is 278 g/mol. The highest BCUT2D eigenvalue weighted by Crippen LogP contribution is 2.30. The molecule has 1 saturated heterocycles. The van der Waals surface area contributed by atoms with Gasteiger partial charge < -0.3 is 14.7 Å². The summed E-state index contributed by atoms with van der Waals surface area (Å²) < 4.78 is 5.39. The van der Waals surface area contributed by atoms with Crippen LogP contribution in [0, 0.1) is 5.92 Å². The van der Waals surface area contributed by atoms with Crippen LogP contribution in [0.2, 0.25) is 0 Å². The minimum absolute atomic E-state index is 0.153. The predicted octanol–water partition coefficient (Wildman–Crippen LogP) is 2.81. The monoisotopic (exact) mass is 305 g/mol. The Morgan fingerprint density at radius 3 is 2.95 bits per heavy atom. The topological polar surface area (TPSA) is 49.8 Å². The Bertz CT molecular complexity index is 489. The van der Waals surface area contributed by atoms with Crippen LogP contribution >= 0.6 is 0 Å². The van der Waals surface area contributed by atoms with Crippen molar-refractivity contribution in [3.8, 4) is 5.75 Å². The molecule has 0 radical (unpaired) electrons. The van der Waals surface area contributed by atoms with Gasteiger partial charge in [-0.3, -0.25) is 4.79 Å². The van der Waals surface area contributed by atoms with Gasteiger partial charge >= 0.3 is 0 Å². The lowest BCUT2D eigenvalue weighted by molar-refractivity contribution is -0.130. The zero-order chi connectivity index (χ0) is 15.9. The van der Waals surface area contributed by atoms with Gasteiger partial charge in [-0.2, -0.15) is 0 Å². The van der Waals surface area contributed by atoms with Crippen molar-refractivity contribution in [2.24, 2.45) is 5.92 Å². The fourth-order valence-corrected chi connectivity index (χ4v) is 3.25. The van der Waals surface area contributed by atoms with Gasteiger partial charge in [-0.25, -0.2) is 0 Å². The number of likely N-dealkylation sites (tertiary alicyclic amines) is 1. The van der Waals surface area contributed by atoms with Crippen LogP contribution in [0.25, 0.3) is 0 Å². The molecule has 1 aromatic carbocycles. The minimum atomic E-state index is 0.153. The van der Waals surface area contributed by atoms with Crippen molar-refractivity contribution in [3.63, 3.8) is 0 Å². The number of para-hydroxylation sites is 1. The lowest BCUT2D eigenvalue weighted by atomic mass is 9.96. The molecule has 0 unspecified atom stereocenters. The highest BCUT2D eigenvalue weighted by molar-refractivity contribution is 5.77. The average Bonchev–Trinajstić information content (AvgIpc) is 3.01. The average molecular weight is 305 g/mol. The first-order valence-electron chi connectivity index (χ1n) is 8.17. The summed E-state index contributed by atoms with van der Waals surface area (Å²) >= 11 is 0. The first-order valence-corrected chi connectivity index (χ1v) is 8.17. The fourth-order valence-electron chi connectivity index (χ4n) is 3.25. The van der Waals surface area contributed by atoms with E-state index in [-0.39, 0.29) is 18.4 Å². The maximum absolute atomic E-state index is 12.5. The van der Waals surface area contributed by atoms with Gasteiger partial charge in [0.1, 0.15) is 5.75 Å². The highest BCUT2D eigenvalue weighted by atomic mass is 16.5. The second kappa shape index (κ2) is 8.18. The van der Waals surface area contributed by atoms with E-state index in [2.05, 4.69) is 6.92 Å². The van der Waals surface area contributed by atoms with E-state index in [1.807, 2.05) is 29.2 Å². The zero-order valence-electron chi connectivity index (χ0n) is 13.6. The van der Waals surface area contributed by atoms with E-state index < -0.39 is 0 Å². The molecule has 1 N–H and O–H groups in total. The highest BCUT2D eigenvalue weighted by Gasteiger charge is 2.27. The smallest absolute Gasteiger partial charge is 0.223 e. The van der Waals surface area contributed by atoms with Gasteiger partial charge in [-0.05, 0) is 42.7 Å². The van der Waals surface area contributed by atoms with Crippen molar-refractivity contribution in [2.45, 2.75) is 38.5 Å².